The van der Waals surface area contributed by atoms with Gasteiger partial charge in [-0.1, -0.05) is 54.6 Å². The van der Waals surface area contributed by atoms with Crippen LogP contribution in [0.2, 0.25) is 0 Å². The average Bonchev–Trinajstić information content (AvgIpc) is 3.01. The van der Waals surface area contributed by atoms with Crippen LogP contribution in [0.1, 0.15) is 57.2 Å². The third-order valence-corrected chi connectivity index (χ3v) is 7.05. The quantitative estimate of drug-likeness (QED) is 0.581. The van der Waals surface area contributed by atoms with Crippen molar-refractivity contribution in [1.82, 2.24) is 9.58 Å². The highest BCUT2D eigenvalue weighted by Crippen LogP contribution is 2.40. The van der Waals surface area contributed by atoms with E-state index in [1.54, 1.807) is 15.8 Å². The summed E-state index contributed by atoms with van der Waals surface area (Å²) in [5.41, 5.74) is 5.65. The van der Waals surface area contributed by atoms with Crippen molar-refractivity contribution in [3.8, 4) is 5.75 Å². The second-order valence-electron chi connectivity index (χ2n) is 8.94. The van der Waals surface area contributed by atoms with Crippen LogP contribution in [-0.2, 0) is 12.8 Å². The fourth-order valence-electron chi connectivity index (χ4n) is 5.47. The van der Waals surface area contributed by atoms with Crippen LogP contribution >= 0.6 is 0 Å². The van der Waals surface area contributed by atoms with Crippen molar-refractivity contribution >= 4 is 12.0 Å². The number of hydrogen-bond donors (Lipinski definition) is 1. The first kappa shape index (κ1) is 19.9. The third kappa shape index (κ3) is 3.09. The third-order valence-electron chi connectivity index (χ3n) is 7.05. The number of nitrogens with zero attached hydrogens (tertiary/aromatic N) is 3. The van der Waals surface area contributed by atoms with Gasteiger partial charge in [-0.25, -0.2) is 0 Å². The summed E-state index contributed by atoms with van der Waals surface area (Å²) in [7, 11) is 0. The molecule has 1 amide bonds. The van der Waals surface area contributed by atoms with Crippen molar-refractivity contribution in [2.24, 2.45) is 0 Å². The highest BCUT2D eigenvalue weighted by molar-refractivity contribution is 5.96. The number of aryl methyl sites for hydroxylation is 2. The van der Waals surface area contributed by atoms with E-state index in [1.807, 2.05) is 0 Å². The molecule has 1 atom stereocenters. The number of aromatic hydroxyl groups is 1. The molecule has 6 rings (SSSR count). The molecule has 3 aliphatic rings. The summed E-state index contributed by atoms with van der Waals surface area (Å²) >= 11 is 0. The summed E-state index contributed by atoms with van der Waals surface area (Å²) in [6.07, 6.45) is 9.55. The summed E-state index contributed by atoms with van der Waals surface area (Å²) in [5, 5.41) is 12.8. The fraction of sp³-hybridized carbons (Fsp3) is 0.259. The van der Waals surface area contributed by atoms with Gasteiger partial charge in [0.15, 0.2) is 11.4 Å². The average molecular weight is 440 g/mol. The Bertz CT molecular complexity index is 1360. The molecule has 0 radical (unpaired) electrons. The number of rotatable bonds is 0. The van der Waals surface area contributed by atoms with Crippen LogP contribution in [0.3, 0.4) is 0 Å². The van der Waals surface area contributed by atoms with E-state index in [4.69, 9.17) is 0 Å². The lowest BCUT2D eigenvalue weighted by Crippen LogP contribution is -2.55. The van der Waals surface area contributed by atoms with Crippen molar-refractivity contribution in [2.45, 2.75) is 31.7 Å². The zero-order chi connectivity index (χ0) is 22.5. The van der Waals surface area contributed by atoms with Crippen LogP contribution in [-0.4, -0.2) is 33.8 Å². The monoisotopic (exact) mass is 439 g/mol. The van der Waals surface area contributed by atoms with Gasteiger partial charge in [0.2, 0.25) is 5.43 Å². The number of carbonyl (C=O) groups excluding carboxylic acids is 1. The molecule has 0 spiro atoms. The van der Waals surface area contributed by atoms with Gasteiger partial charge in [0.1, 0.15) is 6.67 Å². The van der Waals surface area contributed by atoms with E-state index in [9.17, 15) is 14.7 Å². The van der Waals surface area contributed by atoms with E-state index < -0.39 is 11.2 Å². The molecule has 6 heteroatoms. The largest absolute Gasteiger partial charge is 0.502 e. The first-order valence-corrected chi connectivity index (χ1v) is 11.5. The minimum atomic E-state index is -0.537. The van der Waals surface area contributed by atoms with Gasteiger partial charge >= 0.3 is 0 Å². The number of benzene rings is 2. The summed E-state index contributed by atoms with van der Waals surface area (Å²) in [6, 6.07) is 16.1. The Morgan fingerprint density at radius 1 is 0.939 bits per heavy atom. The Labute approximate surface area is 192 Å². The second-order valence-corrected chi connectivity index (χ2v) is 8.94. The first-order chi connectivity index (χ1) is 16.1. The number of allylic oxidation sites excluding steroid dienone is 1. The lowest BCUT2D eigenvalue weighted by atomic mass is 9.90. The van der Waals surface area contributed by atoms with Crippen molar-refractivity contribution in [3.05, 3.63) is 105 Å². The minimum absolute atomic E-state index is 0.0433. The van der Waals surface area contributed by atoms with Gasteiger partial charge in [0.25, 0.3) is 5.91 Å². The zero-order valence-corrected chi connectivity index (χ0v) is 18.3. The Balaban J connectivity index is 1.69. The molecule has 1 unspecified atom stereocenters. The highest BCUT2D eigenvalue weighted by Gasteiger charge is 2.38. The Kier molecular flexibility index (Phi) is 4.61. The minimum Gasteiger partial charge on any atom is -0.502 e. The van der Waals surface area contributed by atoms with Gasteiger partial charge in [-0.2, -0.15) is 0 Å². The van der Waals surface area contributed by atoms with Gasteiger partial charge in [-0.15, -0.1) is 0 Å². The van der Waals surface area contributed by atoms with Crippen molar-refractivity contribution in [1.29, 1.82) is 0 Å². The molecule has 2 bridgehead atoms. The second kappa shape index (κ2) is 7.66. The molecule has 0 fully saturated rings. The molecule has 33 heavy (non-hydrogen) atoms. The van der Waals surface area contributed by atoms with Crippen LogP contribution in [0.15, 0.2) is 65.6 Å². The molecule has 3 heterocycles. The molecule has 1 N–H and O–H groups in total. The van der Waals surface area contributed by atoms with E-state index in [0.717, 1.165) is 25.7 Å². The van der Waals surface area contributed by atoms with E-state index in [0.29, 0.717) is 13.2 Å². The molecule has 1 aromatic heterocycles. The highest BCUT2D eigenvalue weighted by atomic mass is 16.3. The van der Waals surface area contributed by atoms with Crippen LogP contribution < -0.4 is 10.4 Å². The molecular weight excluding hydrogens is 414 g/mol. The maximum atomic E-state index is 13.3. The molecule has 1 aliphatic carbocycles. The Hall–Kier alpha value is -3.80. The molecule has 166 valence electrons. The topological polar surface area (TPSA) is 65.8 Å². The Morgan fingerprint density at radius 3 is 2.67 bits per heavy atom. The number of hydrogen-bond acceptors (Lipinski definition) is 4. The van der Waals surface area contributed by atoms with Gasteiger partial charge in [-0.3, -0.25) is 19.3 Å². The normalized spacial score (nSPS) is 20.1. The number of carbonyl (C=O) groups is 1. The molecule has 2 aliphatic heterocycles. The number of aromatic nitrogens is 1. The Morgan fingerprint density at radius 2 is 1.76 bits per heavy atom. The van der Waals surface area contributed by atoms with Crippen molar-refractivity contribution < 1.29 is 9.90 Å². The molecule has 3 aromatic rings. The fourth-order valence-corrected chi connectivity index (χ4v) is 5.47. The van der Waals surface area contributed by atoms with Gasteiger partial charge in [-0.05, 0) is 53.5 Å². The molecular formula is C27H25N3O3. The summed E-state index contributed by atoms with van der Waals surface area (Å²) in [4.78, 5) is 27.4. The smallest absolute Gasteiger partial charge is 0.277 e. The van der Waals surface area contributed by atoms with E-state index in [2.05, 4.69) is 59.6 Å². The van der Waals surface area contributed by atoms with E-state index >= 15 is 0 Å². The summed E-state index contributed by atoms with van der Waals surface area (Å²) in [6.45, 7) is 0.931. The lowest BCUT2D eigenvalue weighted by molar-refractivity contribution is 0.0678. The maximum Gasteiger partial charge on any atom is 0.277 e. The van der Waals surface area contributed by atoms with Crippen molar-refractivity contribution in [3.63, 3.8) is 0 Å². The predicted molar refractivity (Wildman–Crippen MR) is 127 cm³/mol. The van der Waals surface area contributed by atoms with Gasteiger partial charge < -0.3 is 10.0 Å². The number of fused-ring (bicyclic) bond motifs is 7. The standard InChI is InChI=1S/C27H25N3O3/c31-22-14-16-29-25(26(22)32)27(33)28-15-5-1-2-8-19-9-6-10-20-13-12-18-7-3-4-11-21(18)24(23(19)20)30(29)17-28/h2-4,6-11,14,16,24,32H,1,5,12-13,15,17H2/b8-2-. The van der Waals surface area contributed by atoms with Crippen LogP contribution in [0.25, 0.3) is 6.08 Å². The van der Waals surface area contributed by atoms with E-state index in [1.165, 1.54) is 33.9 Å². The molecule has 6 nitrogen and oxygen atoms in total. The van der Waals surface area contributed by atoms with Gasteiger partial charge in [0, 0.05) is 18.8 Å². The summed E-state index contributed by atoms with van der Waals surface area (Å²) < 4.78 is 1.70. The number of amides is 1. The molecule has 0 saturated carbocycles. The first-order valence-electron chi connectivity index (χ1n) is 11.5. The van der Waals surface area contributed by atoms with Crippen LogP contribution in [0.5, 0.6) is 5.75 Å². The maximum absolute atomic E-state index is 13.3. The molecule has 0 saturated heterocycles. The zero-order valence-electron chi connectivity index (χ0n) is 18.3. The summed E-state index contributed by atoms with van der Waals surface area (Å²) in [5.74, 6) is -0.791. The predicted octanol–water partition coefficient (Wildman–Crippen LogP) is 3.60. The van der Waals surface area contributed by atoms with Gasteiger partial charge in [0.05, 0.1) is 6.04 Å². The number of pyridine rings is 1. The van der Waals surface area contributed by atoms with Crippen LogP contribution in [0.4, 0.5) is 0 Å². The molecule has 2 aromatic carbocycles. The van der Waals surface area contributed by atoms with E-state index in [-0.39, 0.29) is 17.6 Å². The lowest BCUT2D eigenvalue weighted by Gasteiger charge is -2.44. The van der Waals surface area contributed by atoms with Crippen molar-refractivity contribution in [2.75, 3.05) is 18.2 Å². The SMILES string of the molecule is O=C1c2c(O)c(=O)ccn2N2CN1CCC/C=C\c1cccc3c1C2c1ccccc1CC3. The van der Waals surface area contributed by atoms with Crippen LogP contribution in [0, 0.1) is 0 Å².